The summed E-state index contributed by atoms with van der Waals surface area (Å²) in [6.45, 7) is 8.45. The highest BCUT2D eigenvalue weighted by Crippen LogP contribution is 2.36. The molecule has 11 nitrogen and oxygen atoms in total. The first-order valence-electron chi connectivity index (χ1n) is 17.0. The Hall–Kier alpha value is -3.48. The highest BCUT2D eigenvalue weighted by Gasteiger charge is 2.46. The molecule has 3 heterocycles. The highest BCUT2D eigenvalue weighted by molar-refractivity contribution is 5.94. The van der Waals surface area contributed by atoms with Crippen LogP contribution in [0.15, 0.2) is 12.1 Å². The molecule has 1 aromatic carbocycles. The molecule has 0 spiro atoms. The van der Waals surface area contributed by atoms with Gasteiger partial charge in [-0.3, -0.25) is 24.2 Å². The summed E-state index contributed by atoms with van der Waals surface area (Å²) in [5.41, 5.74) is -0.649. The van der Waals surface area contributed by atoms with E-state index in [0.29, 0.717) is 13.1 Å². The summed E-state index contributed by atoms with van der Waals surface area (Å²) >= 11 is 0. The van der Waals surface area contributed by atoms with E-state index in [0.717, 1.165) is 63.6 Å². The molecule has 3 aliphatic heterocycles. The zero-order valence-corrected chi connectivity index (χ0v) is 28.2. The van der Waals surface area contributed by atoms with E-state index < -0.39 is 59.3 Å². The van der Waals surface area contributed by atoms with E-state index in [2.05, 4.69) is 15.5 Å². The van der Waals surface area contributed by atoms with Crippen LogP contribution in [0.1, 0.15) is 90.7 Å². The number of halogens is 2. The van der Waals surface area contributed by atoms with Crippen molar-refractivity contribution in [3.8, 4) is 5.75 Å². The lowest BCUT2D eigenvalue weighted by Crippen LogP contribution is -2.66. The third-order valence-electron chi connectivity index (χ3n) is 9.99. The standard InChI is InChI=1S/C34H49F2N5O6/c1-20(39(5)33(45)47-34(2,3)4)30(42)38-29(21-10-7-6-8-11-21)32(44)41-18-23-12-9-14-40(23)19-26(41)31(43)37-25-13-15-46-27-17-22(35)16-24(36)28(25)27/h16-17,20-21,23,25-26,29H,6-15,18-19H2,1-5H3,(H,37,43)(H,38,42)/t20-,23+,25+,26-,29-/m0/s1. The molecular formula is C34H49F2N5O6. The van der Waals surface area contributed by atoms with Gasteiger partial charge < -0.3 is 25.0 Å². The van der Waals surface area contributed by atoms with Gasteiger partial charge in [-0.25, -0.2) is 13.6 Å². The molecule has 1 saturated carbocycles. The van der Waals surface area contributed by atoms with Crippen LogP contribution in [0, 0.1) is 17.6 Å². The van der Waals surface area contributed by atoms with Crippen molar-refractivity contribution in [2.75, 3.05) is 33.3 Å². The number of amides is 4. The topological polar surface area (TPSA) is 121 Å². The van der Waals surface area contributed by atoms with Crippen molar-refractivity contribution in [1.29, 1.82) is 0 Å². The molecule has 2 saturated heterocycles. The molecule has 13 heteroatoms. The van der Waals surface area contributed by atoms with E-state index >= 15 is 0 Å². The van der Waals surface area contributed by atoms with Crippen LogP contribution < -0.4 is 15.4 Å². The number of ether oxygens (including phenoxy) is 2. The van der Waals surface area contributed by atoms with Gasteiger partial charge in [0.15, 0.2) is 0 Å². The molecule has 3 fully saturated rings. The zero-order valence-electron chi connectivity index (χ0n) is 28.2. The summed E-state index contributed by atoms with van der Waals surface area (Å²) in [5, 5.41) is 5.93. The molecule has 1 aromatic rings. The minimum Gasteiger partial charge on any atom is -0.493 e. The highest BCUT2D eigenvalue weighted by atomic mass is 19.1. The molecule has 2 N–H and O–H groups in total. The van der Waals surface area contributed by atoms with E-state index in [4.69, 9.17) is 9.47 Å². The molecule has 47 heavy (non-hydrogen) atoms. The molecule has 0 unspecified atom stereocenters. The molecule has 0 bridgehead atoms. The Kier molecular flexibility index (Phi) is 10.6. The Morgan fingerprint density at radius 2 is 1.74 bits per heavy atom. The Morgan fingerprint density at radius 1 is 1.02 bits per heavy atom. The van der Waals surface area contributed by atoms with E-state index in [1.54, 1.807) is 32.6 Å². The molecule has 260 valence electrons. The summed E-state index contributed by atoms with van der Waals surface area (Å²) in [7, 11) is 1.49. The van der Waals surface area contributed by atoms with Crippen LogP contribution in [0.4, 0.5) is 13.6 Å². The fraction of sp³-hybridized carbons (Fsp3) is 0.706. The van der Waals surface area contributed by atoms with Crippen molar-refractivity contribution in [3.05, 3.63) is 29.3 Å². The predicted molar refractivity (Wildman–Crippen MR) is 169 cm³/mol. The van der Waals surface area contributed by atoms with Gasteiger partial charge in [-0.15, -0.1) is 0 Å². The van der Waals surface area contributed by atoms with Crippen molar-refractivity contribution in [3.63, 3.8) is 0 Å². The summed E-state index contributed by atoms with van der Waals surface area (Å²) in [6, 6.07) is -1.45. The average molecular weight is 662 g/mol. The van der Waals surface area contributed by atoms with Crippen LogP contribution in [0.25, 0.3) is 0 Å². The largest absolute Gasteiger partial charge is 0.493 e. The van der Waals surface area contributed by atoms with Gasteiger partial charge in [0, 0.05) is 44.7 Å². The fourth-order valence-electron chi connectivity index (χ4n) is 7.32. The van der Waals surface area contributed by atoms with Crippen LogP contribution in [0.3, 0.4) is 0 Å². The second-order valence-corrected chi connectivity index (χ2v) is 14.4. The Bertz CT molecular complexity index is 1350. The van der Waals surface area contributed by atoms with Crippen LogP contribution in [-0.2, 0) is 19.1 Å². The number of benzene rings is 1. The Balaban J connectivity index is 1.38. The monoisotopic (exact) mass is 661 g/mol. The van der Waals surface area contributed by atoms with Gasteiger partial charge in [-0.05, 0) is 65.8 Å². The van der Waals surface area contributed by atoms with Gasteiger partial charge in [0.2, 0.25) is 17.7 Å². The van der Waals surface area contributed by atoms with E-state index in [-0.39, 0.29) is 42.2 Å². The van der Waals surface area contributed by atoms with E-state index in [9.17, 15) is 28.0 Å². The summed E-state index contributed by atoms with van der Waals surface area (Å²) in [5.74, 6) is -2.88. The normalized spacial score (nSPS) is 24.7. The first-order chi connectivity index (χ1) is 22.2. The summed E-state index contributed by atoms with van der Waals surface area (Å²) in [4.78, 5) is 60.1. The molecular weight excluding hydrogens is 612 g/mol. The average Bonchev–Trinajstić information content (AvgIpc) is 3.49. The van der Waals surface area contributed by atoms with Gasteiger partial charge >= 0.3 is 6.09 Å². The predicted octanol–water partition coefficient (Wildman–Crippen LogP) is 3.90. The lowest BCUT2D eigenvalue weighted by atomic mass is 9.82. The SMILES string of the molecule is C[C@@H](C(=O)N[C@H](C(=O)N1C[C@H]2CCCN2C[C@H]1C(=O)N[C@@H]1CCOc2cc(F)cc(F)c21)C1CCCCC1)N(C)C(=O)OC(C)(C)C. The number of hydrogen-bond acceptors (Lipinski definition) is 7. The lowest BCUT2D eigenvalue weighted by Gasteiger charge is -2.45. The van der Waals surface area contributed by atoms with Crippen LogP contribution >= 0.6 is 0 Å². The summed E-state index contributed by atoms with van der Waals surface area (Å²) < 4.78 is 39.8. The van der Waals surface area contributed by atoms with Crippen LogP contribution in [0.5, 0.6) is 5.75 Å². The molecule has 0 aromatic heterocycles. The first kappa shape index (κ1) is 34.8. The number of hydrogen-bond donors (Lipinski definition) is 2. The quantitative estimate of drug-likeness (QED) is 0.455. The van der Waals surface area contributed by atoms with Crippen molar-refractivity contribution in [1.82, 2.24) is 25.3 Å². The molecule has 0 radical (unpaired) electrons. The fourth-order valence-corrected chi connectivity index (χ4v) is 7.32. The molecule has 4 amide bonds. The van der Waals surface area contributed by atoms with Gasteiger partial charge in [-0.1, -0.05) is 19.3 Å². The van der Waals surface area contributed by atoms with E-state index in [1.807, 2.05) is 0 Å². The number of nitrogens with zero attached hydrogens (tertiary/aromatic N) is 3. The van der Waals surface area contributed by atoms with Crippen molar-refractivity contribution < 1.29 is 37.4 Å². The molecule has 4 aliphatic rings. The number of piperazine rings is 1. The van der Waals surface area contributed by atoms with Gasteiger partial charge in [-0.2, -0.15) is 0 Å². The van der Waals surface area contributed by atoms with Crippen molar-refractivity contribution in [2.45, 2.75) is 115 Å². The molecule has 5 rings (SSSR count). The maximum Gasteiger partial charge on any atom is 0.410 e. The van der Waals surface area contributed by atoms with Gasteiger partial charge in [0.05, 0.1) is 18.2 Å². The van der Waals surface area contributed by atoms with Crippen molar-refractivity contribution >= 4 is 23.8 Å². The minimum absolute atomic E-state index is 0.0563. The zero-order chi connectivity index (χ0) is 34.0. The maximum atomic E-state index is 14.9. The number of fused-ring (bicyclic) bond motifs is 2. The van der Waals surface area contributed by atoms with Crippen LogP contribution in [-0.4, -0.2) is 102 Å². The van der Waals surface area contributed by atoms with Crippen molar-refractivity contribution in [2.24, 2.45) is 5.92 Å². The van der Waals surface area contributed by atoms with Gasteiger partial charge in [0.25, 0.3) is 0 Å². The lowest BCUT2D eigenvalue weighted by molar-refractivity contribution is -0.150. The minimum atomic E-state index is -0.914. The molecule has 1 aliphatic carbocycles. The Labute approximate surface area is 275 Å². The number of nitrogens with one attached hydrogen (secondary N) is 2. The van der Waals surface area contributed by atoms with Crippen LogP contribution in [0.2, 0.25) is 0 Å². The van der Waals surface area contributed by atoms with Gasteiger partial charge in [0.1, 0.15) is 41.1 Å². The number of carbonyl (C=O) groups excluding carboxylic acids is 4. The maximum absolute atomic E-state index is 14.9. The summed E-state index contributed by atoms with van der Waals surface area (Å²) in [6.07, 6.45) is 5.87. The number of carbonyl (C=O) groups is 4. The third kappa shape index (κ3) is 7.98. The van der Waals surface area contributed by atoms with E-state index in [1.165, 1.54) is 11.9 Å². The Morgan fingerprint density at radius 3 is 2.45 bits per heavy atom. The molecule has 5 atom stereocenters. The second kappa shape index (κ2) is 14.3. The first-order valence-corrected chi connectivity index (χ1v) is 17.0. The number of rotatable bonds is 7. The second-order valence-electron chi connectivity index (χ2n) is 14.4. The number of likely N-dealkylation sites (N-methyl/N-ethyl adjacent to an activating group) is 1. The smallest absolute Gasteiger partial charge is 0.410 e. The third-order valence-corrected chi connectivity index (χ3v) is 9.99.